The Morgan fingerprint density at radius 2 is 0.923 bits per heavy atom. The van der Waals surface area contributed by atoms with E-state index in [1.54, 1.807) is 0 Å². The average Bonchev–Trinajstić information content (AvgIpc) is 2.46. The van der Waals surface area contributed by atoms with Gasteiger partial charge in [0.1, 0.15) is 0 Å². The Balaban J connectivity index is 3.68. The first-order valence-electron chi connectivity index (χ1n) is 10.9. The summed E-state index contributed by atoms with van der Waals surface area (Å²) < 4.78 is 4.04. The predicted molar refractivity (Wildman–Crippen MR) is 130 cm³/mol. The van der Waals surface area contributed by atoms with E-state index in [-0.39, 0.29) is 0 Å². The molecule has 3 heteroatoms. The molecule has 26 heavy (non-hydrogen) atoms. The summed E-state index contributed by atoms with van der Waals surface area (Å²) in [5.74, 6) is 0. The fourth-order valence-corrected chi connectivity index (χ4v) is 47.3. The first kappa shape index (κ1) is 24.7. The SMILES string of the molecule is CC(C)[Si]([C]1=CC=C[C]([Si](C(C)C)(C(C)C)C(C)C)=[Bi]1)(C(C)C)C(C)C. The molecule has 0 radical (unpaired) electrons. The minimum absolute atomic E-state index is 0.791. The van der Waals surface area contributed by atoms with Crippen molar-refractivity contribution in [2.75, 3.05) is 0 Å². The van der Waals surface area contributed by atoms with Gasteiger partial charge in [-0.25, -0.2) is 0 Å². The summed E-state index contributed by atoms with van der Waals surface area (Å²) in [7, 11) is -2.92. The van der Waals surface area contributed by atoms with Gasteiger partial charge in [-0.15, -0.1) is 0 Å². The molecule has 0 amide bonds. The third kappa shape index (κ3) is 4.01. The zero-order valence-electron chi connectivity index (χ0n) is 19.6. The normalized spacial score (nSPS) is 16.5. The maximum atomic E-state index is 2.62. The van der Waals surface area contributed by atoms with E-state index in [0.29, 0.717) is 0 Å². The second-order valence-corrected chi connectivity index (χ2v) is 30.0. The van der Waals surface area contributed by atoms with Crippen molar-refractivity contribution in [1.82, 2.24) is 0 Å². The molecule has 0 spiro atoms. The van der Waals surface area contributed by atoms with Crippen molar-refractivity contribution in [3.05, 3.63) is 21.1 Å². The zero-order valence-corrected chi connectivity index (χ0v) is 25.1. The van der Waals surface area contributed by atoms with Gasteiger partial charge in [0, 0.05) is 0 Å². The Hall–Kier alpha value is 0.667. The van der Waals surface area contributed by atoms with Gasteiger partial charge in [0.05, 0.1) is 0 Å². The Labute approximate surface area is 178 Å². The molecule has 0 aromatic carbocycles. The third-order valence-electron chi connectivity index (χ3n) is 7.37. The van der Waals surface area contributed by atoms with Crippen molar-refractivity contribution < 1.29 is 0 Å². The van der Waals surface area contributed by atoms with Crippen LogP contribution in [0.5, 0.6) is 0 Å². The molecule has 0 N–H and O–H groups in total. The molecular weight excluding hydrogens is 541 g/mol. The first-order valence-corrected chi connectivity index (χ1v) is 18.8. The van der Waals surface area contributed by atoms with Crippen LogP contribution >= 0.6 is 0 Å². The molecule has 0 saturated heterocycles. The number of allylic oxidation sites excluding steroid dienone is 3. The molecule has 0 aromatic heterocycles. The molecule has 0 saturated carbocycles. The van der Waals surface area contributed by atoms with E-state index >= 15 is 0 Å². The second-order valence-electron chi connectivity index (χ2n) is 10.2. The minimum atomic E-state index is -1.46. The van der Waals surface area contributed by atoms with Crippen LogP contribution in [0.25, 0.3) is 0 Å². The van der Waals surface area contributed by atoms with Crippen LogP contribution in [0.15, 0.2) is 21.1 Å². The van der Waals surface area contributed by atoms with Gasteiger partial charge >= 0.3 is 179 Å². The molecule has 0 fully saturated rings. The Morgan fingerprint density at radius 1 is 0.577 bits per heavy atom. The van der Waals surface area contributed by atoms with Crippen LogP contribution in [-0.4, -0.2) is 41.7 Å². The van der Waals surface area contributed by atoms with E-state index in [0.717, 1.165) is 33.2 Å². The number of rotatable bonds is 8. The van der Waals surface area contributed by atoms with Gasteiger partial charge in [0.15, 0.2) is 0 Å². The summed E-state index contributed by atoms with van der Waals surface area (Å²) in [6.45, 7) is 30.4. The van der Waals surface area contributed by atoms with Gasteiger partial charge in [-0.05, 0) is 0 Å². The van der Waals surface area contributed by atoms with Crippen molar-refractivity contribution in [3.63, 3.8) is 0 Å². The molecule has 1 heterocycles. The second kappa shape index (κ2) is 9.44. The van der Waals surface area contributed by atoms with Gasteiger partial charge in [0.25, 0.3) is 0 Å². The fraction of sp³-hybridized carbons (Fsp3) is 0.783. The molecule has 0 bridgehead atoms. The van der Waals surface area contributed by atoms with E-state index in [1.165, 1.54) is 0 Å². The summed E-state index contributed by atoms with van der Waals surface area (Å²) in [6, 6.07) is 0. The molecule has 1 rings (SSSR count). The molecular formula is C23H45BiSi2. The van der Waals surface area contributed by atoms with Gasteiger partial charge in [-0.3, -0.25) is 0 Å². The van der Waals surface area contributed by atoms with E-state index < -0.39 is 38.9 Å². The summed E-state index contributed by atoms with van der Waals surface area (Å²) in [5, 5.41) is 0. The van der Waals surface area contributed by atoms with Crippen molar-refractivity contribution in [3.8, 4) is 0 Å². The van der Waals surface area contributed by atoms with Crippen LogP contribution in [-0.2, 0) is 0 Å². The third-order valence-corrected chi connectivity index (χ3v) is 35.0. The van der Waals surface area contributed by atoms with Gasteiger partial charge < -0.3 is 0 Å². The predicted octanol–water partition coefficient (Wildman–Crippen LogP) is 7.75. The topological polar surface area (TPSA) is 0 Å². The van der Waals surface area contributed by atoms with Crippen molar-refractivity contribution in [2.24, 2.45) is 0 Å². The quantitative estimate of drug-likeness (QED) is 0.255. The van der Waals surface area contributed by atoms with E-state index in [2.05, 4.69) is 101 Å². The summed E-state index contributed by atoms with van der Waals surface area (Å²) in [5.41, 5.74) is 5.07. The average molecular weight is 587 g/mol. The van der Waals surface area contributed by atoms with Gasteiger partial charge in [-0.2, -0.15) is 0 Å². The van der Waals surface area contributed by atoms with Crippen LogP contribution in [0, 0.1) is 0 Å². The maximum absolute atomic E-state index is 2.62. The zero-order chi connectivity index (χ0) is 20.4. The van der Waals surface area contributed by atoms with E-state index in [1.807, 2.05) is 5.73 Å². The van der Waals surface area contributed by atoms with Crippen LogP contribution in [0.2, 0.25) is 33.2 Å². The van der Waals surface area contributed by atoms with Crippen molar-refractivity contribution >= 4 is 41.7 Å². The van der Waals surface area contributed by atoms with Crippen LogP contribution < -0.4 is 0 Å². The number of hydrogen-bond acceptors (Lipinski definition) is 0. The molecule has 0 atom stereocenters. The molecule has 1 aliphatic heterocycles. The van der Waals surface area contributed by atoms with Crippen molar-refractivity contribution in [1.29, 1.82) is 0 Å². The standard InChI is InChI=1S/C23H45Si2.Bi/c1-18(2)24(19(3)4,20(5)6)16-14-13-15-17-25(21(7)8,22(9)10)23(11)12;/h13-15,18-23H,1-12H3;. The Bertz CT molecular complexity index is 486. The first-order chi connectivity index (χ1) is 11.9. The molecule has 0 unspecified atom stereocenters. The van der Waals surface area contributed by atoms with Gasteiger partial charge in [-0.1, -0.05) is 0 Å². The van der Waals surface area contributed by atoms with Crippen LogP contribution in [0.4, 0.5) is 0 Å². The summed E-state index contributed by atoms with van der Waals surface area (Å²) in [4.78, 5) is 0. The van der Waals surface area contributed by atoms with Crippen molar-refractivity contribution in [2.45, 2.75) is 116 Å². The van der Waals surface area contributed by atoms with Gasteiger partial charge in [0.2, 0.25) is 0 Å². The Morgan fingerprint density at radius 3 is 1.23 bits per heavy atom. The molecule has 0 aromatic rings. The van der Waals surface area contributed by atoms with E-state index in [4.69, 9.17) is 0 Å². The Kier molecular flexibility index (Phi) is 8.97. The van der Waals surface area contributed by atoms with Crippen LogP contribution in [0.1, 0.15) is 83.1 Å². The summed E-state index contributed by atoms with van der Waals surface area (Å²) in [6.07, 6.45) is 7.71. The number of hydrogen-bond donors (Lipinski definition) is 0. The van der Waals surface area contributed by atoms with E-state index in [9.17, 15) is 0 Å². The molecule has 0 nitrogen and oxygen atoms in total. The van der Waals surface area contributed by atoms with Crippen LogP contribution in [0.3, 0.4) is 0 Å². The summed E-state index contributed by atoms with van der Waals surface area (Å²) >= 11 is -0.791. The molecule has 0 aliphatic carbocycles. The fourth-order valence-electron chi connectivity index (χ4n) is 6.69. The molecule has 150 valence electrons. The monoisotopic (exact) mass is 586 g/mol. The molecule has 1 aliphatic rings.